The third-order valence-electron chi connectivity index (χ3n) is 2.71. The lowest BCUT2D eigenvalue weighted by Gasteiger charge is -2.16. The summed E-state index contributed by atoms with van der Waals surface area (Å²) in [6, 6.07) is 7.20. The molecule has 0 spiro atoms. The highest BCUT2D eigenvalue weighted by atomic mass is 35.5. The lowest BCUT2D eigenvalue weighted by molar-refractivity contribution is -0.128. The van der Waals surface area contributed by atoms with Crippen LogP contribution in [0, 0.1) is 11.3 Å². The summed E-state index contributed by atoms with van der Waals surface area (Å²) >= 11 is 6.05. The van der Waals surface area contributed by atoms with Gasteiger partial charge in [-0.15, -0.1) is 0 Å². The minimum atomic E-state index is 0.181. The Hall–Kier alpha value is -1.53. The van der Waals surface area contributed by atoms with Gasteiger partial charge in [-0.1, -0.05) is 17.7 Å². The van der Waals surface area contributed by atoms with Gasteiger partial charge in [0, 0.05) is 24.5 Å². The van der Waals surface area contributed by atoms with Crippen molar-refractivity contribution in [3.05, 3.63) is 34.3 Å². The van der Waals surface area contributed by atoms with E-state index in [0.29, 0.717) is 23.6 Å². The van der Waals surface area contributed by atoms with Crippen molar-refractivity contribution in [2.24, 2.45) is 0 Å². The molecule has 0 saturated carbocycles. The SMILES string of the molecule is N#Cc1ccc(CN2CCCC2=O)c(Cl)c1. The molecule has 1 fully saturated rings. The molecule has 0 aliphatic carbocycles. The van der Waals surface area contributed by atoms with Crippen LogP contribution in [0.3, 0.4) is 0 Å². The Morgan fingerprint density at radius 2 is 2.31 bits per heavy atom. The van der Waals surface area contributed by atoms with Crippen LogP contribution in [0.2, 0.25) is 5.02 Å². The molecule has 0 radical (unpaired) electrons. The van der Waals surface area contributed by atoms with Gasteiger partial charge in [-0.05, 0) is 24.1 Å². The van der Waals surface area contributed by atoms with Gasteiger partial charge in [-0.3, -0.25) is 4.79 Å². The zero-order valence-corrected chi connectivity index (χ0v) is 9.50. The van der Waals surface area contributed by atoms with Gasteiger partial charge in [0.1, 0.15) is 0 Å². The Bertz CT molecular complexity index is 465. The number of nitrogens with zero attached hydrogens (tertiary/aromatic N) is 2. The minimum Gasteiger partial charge on any atom is -0.338 e. The maximum atomic E-state index is 11.4. The maximum absolute atomic E-state index is 11.4. The standard InChI is InChI=1S/C12H11ClN2O/c13-11-6-9(7-14)3-4-10(11)8-15-5-1-2-12(15)16/h3-4,6H,1-2,5,8H2. The van der Waals surface area contributed by atoms with Crippen LogP contribution in [0.15, 0.2) is 18.2 Å². The van der Waals surface area contributed by atoms with Gasteiger partial charge < -0.3 is 4.90 Å². The van der Waals surface area contributed by atoms with Crippen molar-refractivity contribution in [1.82, 2.24) is 4.90 Å². The van der Waals surface area contributed by atoms with E-state index in [2.05, 4.69) is 0 Å². The number of benzene rings is 1. The van der Waals surface area contributed by atoms with Crippen molar-refractivity contribution < 1.29 is 4.79 Å². The molecule has 1 aliphatic rings. The Morgan fingerprint density at radius 1 is 1.50 bits per heavy atom. The molecule has 16 heavy (non-hydrogen) atoms. The van der Waals surface area contributed by atoms with Crippen LogP contribution >= 0.6 is 11.6 Å². The number of halogens is 1. The van der Waals surface area contributed by atoms with Crippen molar-refractivity contribution >= 4 is 17.5 Å². The summed E-state index contributed by atoms with van der Waals surface area (Å²) in [5, 5.41) is 9.26. The Kier molecular flexibility index (Phi) is 3.12. The van der Waals surface area contributed by atoms with Crippen LogP contribution in [-0.2, 0) is 11.3 Å². The second kappa shape index (κ2) is 4.54. The predicted molar refractivity (Wildman–Crippen MR) is 60.8 cm³/mol. The smallest absolute Gasteiger partial charge is 0.222 e. The van der Waals surface area contributed by atoms with Crippen LogP contribution in [0.4, 0.5) is 0 Å². The third kappa shape index (κ3) is 2.17. The fourth-order valence-corrected chi connectivity index (χ4v) is 2.06. The van der Waals surface area contributed by atoms with Crippen LogP contribution < -0.4 is 0 Å². The zero-order valence-electron chi connectivity index (χ0n) is 8.74. The summed E-state index contributed by atoms with van der Waals surface area (Å²) in [6.45, 7) is 1.35. The highest BCUT2D eigenvalue weighted by Crippen LogP contribution is 2.21. The molecule has 0 aromatic heterocycles. The largest absolute Gasteiger partial charge is 0.338 e. The van der Waals surface area contributed by atoms with Gasteiger partial charge in [0.25, 0.3) is 0 Å². The maximum Gasteiger partial charge on any atom is 0.222 e. The molecule has 0 bridgehead atoms. The molecular weight excluding hydrogens is 224 g/mol. The summed E-state index contributed by atoms with van der Waals surface area (Å²) in [4.78, 5) is 13.2. The first-order valence-electron chi connectivity index (χ1n) is 5.17. The first-order valence-corrected chi connectivity index (χ1v) is 5.55. The van der Waals surface area contributed by atoms with Crippen LogP contribution in [-0.4, -0.2) is 17.4 Å². The Morgan fingerprint density at radius 3 is 2.88 bits per heavy atom. The number of hydrogen-bond donors (Lipinski definition) is 0. The summed E-state index contributed by atoms with van der Waals surface area (Å²) in [7, 11) is 0. The second-order valence-electron chi connectivity index (χ2n) is 3.84. The van der Waals surface area contributed by atoms with Gasteiger partial charge in [0.2, 0.25) is 5.91 Å². The van der Waals surface area contributed by atoms with Crippen molar-refractivity contribution in [2.75, 3.05) is 6.54 Å². The van der Waals surface area contributed by atoms with E-state index < -0.39 is 0 Å². The number of amides is 1. The number of carbonyl (C=O) groups is 1. The normalized spacial score (nSPS) is 15.2. The molecule has 0 N–H and O–H groups in total. The van der Waals surface area contributed by atoms with Crippen LogP contribution in [0.5, 0.6) is 0 Å². The summed E-state index contributed by atoms with van der Waals surface area (Å²) in [6.07, 6.45) is 1.56. The highest BCUT2D eigenvalue weighted by Gasteiger charge is 2.20. The summed E-state index contributed by atoms with van der Waals surface area (Å²) < 4.78 is 0. The topological polar surface area (TPSA) is 44.1 Å². The van der Waals surface area contributed by atoms with Gasteiger partial charge >= 0.3 is 0 Å². The predicted octanol–water partition coefficient (Wildman–Crippen LogP) is 2.33. The first-order chi connectivity index (χ1) is 7.70. The van der Waals surface area contributed by atoms with Gasteiger partial charge in [0.15, 0.2) is 0 Å². The molecule has 1 aliphatic heterocycles. The highest BCUT2D eigenvalue weighted by molar-refractivity contribution is 6.31. The van der Waals surface area contributed by atoms with Crippen molar-refractivity contribution in [2.45, 2.75) is 19.4 Å². The van der Waals surface area contributed by atoms with E-state index in [4.69, 9.17) is 16.9 Å². The number of hydrogen-bond acceptors (Lipinski definition) is 2. The first kappa shape index (κ1) is 11.0. The molecule has 0 atom stereocenters. The lowest BCUT2D eigenvalue weighted by Crippen LogP contribution is -2.23. The quantitative estimate of drug-likeness (QED) is 0.788. The number of nitriles is 1. The average molecular weight is 235 g/mol. The van der Waals surface area contributed by atoms with Crippen molar-refractivity contribution in [3.8, 4) is 6.07 Å². The molecule has 1 saturated heterocycles. The van der Waals surface area contributed by atoms with Gasteiger partial charge in [0.05, 0.1) is 11.6 Å². The zero-order chi connectivity index (χ0) is 11.5. The second-order valence-corrected chi connectivity index (χ2v) is 4.24. The third-order valence-corrected chi connectivity index (χ3v) is 3.07. The van der Waals surface area contributed by atoms with E-state index in [9.17, 15) is 4.79 Å². The average Bonchev–Trinajstić information content (AvgIpc) is 2.67. The molecule has 0 unspecified atom stereocenters. The molecule has 2 rings (SSSR count). The van der Waals surface area contributed by atoms with Crippen LogP contribution in [0.25, 0.3) is 0 Å². The molecule has 3 nitrogen and oxygen atoms in total. The monoisotopic (exact) mass is 234 g/mol. The lowest BCUT2D eigenvalue weighted by atomic mass is 10.1. The molecule has 82 valence electrons. The number of rotatable bonds is 2. The number of carbonyl (C=O) groups excluding carboxylic acids is 1. The van der Waals surface area contributed by atoms with E-state index in [0.717, 1.165) is 18.5 Å². The fourth-order valence-electron chi connectivity index (χ4n) is 1.82. The van der Waals surface area contributed by atoms with E-state index in [1.54, 1.807) is 17.0 Å². The van der Waals surface area contributed by atoms with E-state index in [1.807, 2.05) is 12.1 Å². The molecule has 1 heterocycles. The Labute approximate surface area is 99.2 Å². The van der Waals surface area contributed by atoms with Crippen molar-refractivity contribution in [3.63, 3.8) is 0 Å². The molecule has 1 aromatic rings. The minimum absolute atomic E-state index is 0.181. The molecular formula is C12H11ClN2O. The van der Waals surface area contributed by atoms with E-state index in [1.165, 1.54) is 0 Å². The van der Waals surface area contributed by atoms with Gasteiger partial charge in [-0.2, -0.15) is 5.26 Å². The summed E-state index contributed by atoms with van der Waals surface area (Å²) in [5.41, 5.74) is 1.44. The van der Waals surface area contributed by atoms with E-state index >= 15 is 0 Å². The van der Waals surface area contributed by atoms with Crippen molar-refractivity contribution in [1.29, 1.82) is 5.26 Å². The molecule has 1 aromatic carbocycles. The summed E-state index contributed by atoms with van der Waals surface area (Å²) in [5.74, 6) is 0.181. The van der Waals surface area contributed by atoms with Gasteiger partial charge in [-0.25, -0.2) is 0 Å². The number of likely N-dealkylation sites (tertiary alicyclic amines) is 1. The Balaban J connectivity index is 2.16. The molecule has 4 heteroatoms. The van der Waals surface area contributed by atoms with E-state index in [-0.39, 0.29) is 5.91 Å². The molecule has 1 amide bonds. The van der Waals surface area contributed by atoms with Crippen LogP contribution in [0.1, 0.15) is 24.0 Å². The fraction of sp³-hybridized carbons (Fsp3) is 0.333.